The molecule has 5 nitrogen and oxygen atoms in total. The average Bonchev–Trinajstić information content (AvgIpc) is 2.11. The second-order valence-electron chi connectivity index (χ2n) is 3.27. The van der Waals surface area contributed by atoms with Crippen LogP contribution < -0.4 is 10.1 Å². The summed E-state index contributed by atoms with van der Waals surface area (Å²) in [4.78, 5) is 10.3. The van der Waals surface area contributed by atoms with E-state index in [2.05, 4.69) is 21.2 Å². The molecule has 1 fully saturated rings. The summed E-state index contributed by atoms with van der Waals surface area (Å²) in [6.07, 6.45) is 0.0398. The normalized spacial score (nSPS) is 15.8. The van der Waals surface area contributed by atoms with Crippen molar-refractivity contribution in [3.8, 4) is 5.75 Å². The van der Waals surface area contributed by atoms with E-state index in [1.54, 1.807) is 12.1 Å². The molecule has 0 unspecified atom stereocenters. The number of nitrogens with zero attached hydrogens (tertiary/aromatic N) is 1. The van der Waals surface area contributed by atoms with E-state index in [9.17, 15) is 10.1 Å². The molecule has 1 heterocycles. The molecule has 15 heavy (non-hydrogen) atoms. The van der Waals surface area contributed by atoms with Crippen molar-refractivity contribution in [2.24, 2.45) is 0 Å². The molecule has 80 valence electrons. The zero-order chi connectivity index (χ0) is 10.8. The Morgan fingerprint density at radius 1 is 1.53 bits per heavy atom. The third-order valence-corrected chi connectivity index (χ3v) is 2.65. The molecule has 6 heteroatoms. The van der Waals surface area contributed by atoms with Gasteiger partial charge in [0.25, 0.3) is 0 Å². The fraction of sp³-hybridized carbons (Fsp3) is 0.333. The van der Waals surface area contributed by atoms with Crippen molar-refractivity contribution < 1.29 is 9.66 Å². The van der Waals surface area contributed by atoms with Gasteiger partial charge in [-0.3, -0.25) is 10.1 Å². The van der Waals surface area contributed by atoms with E-state index in [0.29, 0.717) is 5.75 Å². The Hall–Kier alpha value is -1.14. The van der Waals surface area contributed by atoms with Crippen LogP contribution >= 0.6 is 15.9 Å². The van der Waals surface area contributed by atoms with E-state index < -0.39 is 4.92 Å². The molecule has 2 rings (SSSR count). The summed E-state index contributed by atoms with van der Waals surface area (Å²) in [5.74, 6) is 0.320. The highest BCUT2D eigenvalue weighted by molar-refractivity contribution is 9.10. The number of halogens is 1. The predicted molar refractivity (Wildman–Crippen MR) is 58.1 cm³/mol. The van der Waals surface area contributed by atoms with Crippen LogP contribution in [-0.2, 0) is 0 Å². The third-order valence-electron chi connectivity index (χ3n) is 2.16. The molecule has 0 atom stereocenters. The summed E-state index contributed by atoms with van der Waals surface area (Å²) in [7, 11) is 0. The van der Waals surface area contributed by atoms with Crippen LogP contribution in [-0.4, -0.2) is 24.1 Å². The van der Waals surface area contributed by atoms with Crippen LogP contribution in [0.15, 0.2) is 22.7 Å². The second-order valence-corrected chi connectivity index (χ2v) is 4.18. The number of rotatable bonds is 3. The van der Waals surface area contributed by atoms with Crippen LogP contribution in [0.2, 0.25) is 0 Å². The summed E-state index contributed by atoms with van der Waals surface area (Å²) in [5, 5.41) is 13.8. The monoisotopic (exact) mass is 272 g/mol. The summed E-state index contributed by atoms with van der Waals surface area (Å²) < 4.78 is 6.26. The zero-order valence-corrected chi connectivity index (χ0v) is 9.36. The van der Waals surface area contributed by atoms with Gasteiger partial charge in [0.2, 0.25) is 0 Å². The Balaban J connectivity index is 2.24. The largest absolute Gasteiger partial charge is 0.481 e. The van der Waals surface area contributed by atoms with E-state index in [4.69, 9.17) is 4.74 Å². The summed E-state index contributed by atoms with van der Waals surface area (Å²) in [6.45, 7) is 1.48. The maximum absolute atomic E-state index is 10.7. The molecule has 0 aromatic heterocycles. The topological polar surface area (TPSA) is 64.4 Å². The number of hydrogen-bond donors (Lipinski definition) is 1. The van der Waals surface area contributed by atoms with Gasteiger partial charge in [0.15, 0.2) is 5.75 Å². The molecule has 0 radical (unpaired) electrons. The van der Waals surface area contributed by atoms with E-state index in [-0.39, 0.29) is 11.8 Å². The molecule has 1 aromatic carbocycles. The molecule has 1 N–H and O–H groups in total. The highest BCUT2D eigenvalue weighted by atomic mass is 79.9. The van der Waals surface area contributed by atoms with Crippen LogP contribution in [0.25, 0.3) is 0 Å². The van der Waals surface area contributed by atoms with Crippen molar-refractivity contribution in [1.29, 1.82) is 0 Å². The molecule has 0 bridgehead atoms. The highest BCUT2D eigenvalue weighted by Crippen LogP contribution is 2.31. The van der Waals surface area contributed by atoms with E-state index in [1.165, 1.54) is 6.07 Å². The minimum absolute atomic E-state index is 0.00472. The summed E-state index contributed by atoms with van der Waals surface area (Å²) >= 11 is 3.26. The smallest absolute Gasteiger partial charge is 0.311 e. The summed E-state index contributed by atoms with van der Waals surface area (Å²) in [5.41, 5.74) is 0.00472. The molecule has 0 saturated carbocycles. The number of nitrogens with one attached hydrogen (secondary N) is 1. The molecule has 1 aliphatic rings. The number of nitro benzene ring substituents is 1. The molecule has 1 aromatic rings. The third kappa shape index (κ3) is 2.27. The number of hydrogen-bond acceptors (Lipinski definition) is 4. The number of ether oxygens (including phenoxy) is 1. The average molecular weight is 273 g/mol. The van der Waals surface area contributed by atoms with Crippen LogP contribution in [0.1, 0.15) is 0 Å². The van der Waals surface area contributed by atoms with Gasteiger partial charge in [-0.25, -0.2) is 0 Å². The van der Waals surface area contributed by atoms with Crippen LogP contribution in [0, 0.1) is 10.1 Å². The minimum Gasteiger partial charge on any atom is -0.481 e. The summed E-state index contributed by atoms with van der Waals surface area (Å²) in [6, 6.07) is 4.69. The van der Waals surface area contributed by atoms with Crippen molar-refractivity contribution in [3.05, 3.63) is 32.8 Å². The van der Waals surface area contributed by atoms with Gasteiger partial charge >= 0.3 is 5.69 Å². The van der Waals surface area contributed by atoms with Gasteiger partial charge in [0, 0.05) is 29.7 Å². The van der Waals surface area contributed by atoms with E-state index in [0.717, 1.165) is 17.6 Å². The van der Waals surface area contributed by atoms with Crippen molar-refractivity contribution in [2.45, 2.75) is 6.10 Å². The number of nitro groups is 1. The van der Waals surface area contributed by atoms with E-state index >= 15 is 0 Å². The minimum atomic E-state index is -0.437. The van der Waals surface area contributed by atoms with Crippen LogP contribution in [0.5, 0.6) is 5.75 Å². The molecule has 0 aliphatic carbocycles. The van der Waals surface area contributed by atoms with Gasteiger partial charge in [0.05, 0.1) is 4.92 Å². The Kier molecular flexibility index (Phi) is 2.88. The number of benzene rings is 1. The molecular formula is C9H9BrN2O3. The van der Waals surface area contributed by atoms with E-state index in [1.807, 2.05) is 0 Å². The Labute approximate surface area is 94.7 Å². The van der Waals surface area contributed by atoms with Gasteiger partial charge in [-0.1, -0.05) is 15.9 Å². The molecule has 0 spiro atoms. The lowest BCUT2D eigenvalue weighted by Crippen LogP contribution is -2.50. The highest BCUT2D eigenvalue weighted by Gasteiger charge is 2.23. The Bertz CT molecular complexity index is 393. The van der Waals surface area contributed by atoms with Gasteiger partial charge in [-0.2, -0.15) is 0 Å². The first-order chi connectivity index (χ1) is 7.16. The van der Waals surface area contributed by atoms with Crippen molar-refractivity contribution in [1.82, 2.24) is 5.32 Å². The fourth-order valence-electron chi connectivity index (χ4n) is 1.26. The van der Waals surface area contributed by atoms with Gasteiger partial charge in [0.1, 0.15) is 6.10 Å². The second kappa shape index (κ2) is 4.16. The first kappa shape index (κ1) is 10.4. The van der Waals surface area contributed by atoms with Crippen LogP contribution in [0.3, 0.4) is 0 Å². The van der Waals surface area contributed by atoms with Gasteiger partial charge in [-0.15, -0.1) is 0 Å². The SMILES string of the molecule is O=[N+]([O-])c1ccc(Br)cc1OC1CNC1. The van der Waals surface area contributed by atoms with Crippen LogP contribution in [0.4, 0.5) is 5.69 Å². The molecule has 1 aliphatic heterocycles. The first-order valence-corrected chi connectivity index (χ1v) is 5.27. The lowest BCUT2D eigenvalue weighted by molar-refractivity contribution is -0.386. The molecular weight excluding hydrogens is 264 g/mol. The predicted octanol–water partition coefficient (Wildman–Crippen LogP) is 1.71. The quantitative estimate of drug-likeness (QED) is 0.672. The Morgan fingerprint density at radius 2 is 2.27 bits per heavy atom. The van der Waals surface area contributed by atoms with Crippen molar-refractivity contribution >= 4 is 21.6 Å². The molecule has 0 amide bonds. The fourth-order valence-corrected chi connectivity index (χ4v) is 1.60. The molecule has 1 saturated heterocycles. The first-order valence-electron chi connectivity index (χ1n) is 4.48. The zero-order valence-electron chi connectivity index (χ0n) is 7.77. The lowest BCUT2D eigenvalue weighted by Gasteiger charge is -2.27. The van der Waals surface area contributed by atoms with Crippen molar-refractivity contribution in [2.75, 3.05) is 13.1 Å². The maximum Gasteiger partial charge on any atom is 0.311 e. The Morgan fingerprint density at radius 3 is 2.80 bits per heavy atom. The van der Waals surface area contributed by atoms with Gasteiger partial charge in [-0.05, 0) is 6.07 Å². The van der Waals surface area contributed by atoms with Gasteiger partial charge < -0.3 is 10.1 Å². The maximum atomic E-state index is 10.7. The standard InChI is InChI=1S/C9H9BrN2O3/c10-6-1-2-8(12(13)14)9(3-6)15-7-4-11-5-7/h1-3,7,11H,4-5H2. The van der Waals surface area contributed by atoms with Crippen molar-refractivity contribution in [3.63, 3.8) is 0 Å². The lowest BCUT2D eigenvalue weighted by atomic mass is 10.2.